The van der Waals surface area contributed by atoms with Crippen molar-refractivity contribution in [3.05, 3.63) is 12.7 Å². The first-order valence-corrected chi connectivity index (χ1v) is 4.69. The molecule has 0 aromatic carbocycles. The molecule has 2 nitrogen and oxygen atoms in total. The molecule has 0 radical (unpaired) electrons. The zero-order chi connectivity index (χ0) is 8.77. The van der Waals surface area contributed by atoms with Crippen LogP contribution in [-0.4, -0.2) is 22.9 Å². The van der Waals surface area contributed by atoms with Gasteiger partial charge in [0, 0.05) is 5.92 Å². The molecule has 0 aromatic heterocycles. The van der Waals surface area contributed by atoms with Gasteiger partial charge in [-0.15, -0.1) is 6.58 Å². The van der Waals surface area contributed by atoms with Crippen molar-refractivity contribution >= 4 is 0 Å². The van der Waals surface area contributed by atoms with Gasteiger partial charge in [-0.05, 0) is 26.2 Å². The van der Waals surface area contributed by atoms with Crippen molar-refractivity contribution in [2.75, 3.05) is 0 Å². The molecule has 0 unspecified atom stereocenters. The maximum Gasteiger partial charge on any atom is 0.0918 e. The van der Waals surface area contributed by atoms with Crippen LogP contribution in [-0.2, 0) is 4.74 Å². The molecule has 4 atom stereocenters. The van der Waals surface area contributed by atoms with E-state index in [1.54, 1.807) is 0 Å². The molecule has 2 aliphatic rings. The lowest BCUT2D eigenvalue weighted by molar-refractivity contribution is -0.0178. The van der Waals surface area contributed by atoms with E-state index in [9.17, 15) is 5.11 Å². The van der Waals surface area contributed by atoms with Gasteiger partial charge in [0.05, 0.1) is 17.8 Å². The average Bonchev–Trinajstić information content (AvgIpc) is 2.55. The first kappa shape index (κ1) is 8.27. The minimum absolute atomic E-state index is 0.0201. The third kappa shape index (κ3) is 0.882. The quantitative estimate of drug-likeness (QED) is 0.601. The van der Waals surface area contributed by atoms with E-state index < -0.39 is 0 Å². The predicted octanol–water partition coefficient (Wildman–Crippen LogP) is 1.49. The lowest BCUT2D eigenvalue weighted by atomic mass is 9.88. The maximum absolute atomic E-state index is 9.79. The minimum Gasteiger partial charge on any atom is -0.390 e. The van der Waals surface area contributed by atoms with Gasteiger partial charge in [0.15, 0.2) is 0 Å². The summed E-state index contributed by atoms with van der Waals surface area (Å²) in [6, 6.07) is 0. The van der Waals surface area contributed by atoms with Gasteiger partial charge in [-0.1, -0.05) is 6.08 Å². The highest BCUT2D eigenvalue weighted by molar-refractivity contribution is 5.12. The molecule has 1 saturated carbocycles. The van der Waals surface area contributed by atoms with Crippen LogP contribution in [0.3, 0.4) is 0 Å². The van der Waals surface area contributed by atoms with Crippen LogP contribution in [0.4, 0.5) is 0 Å². The van der Waals surface area contributed by atoms with Gasteiger partial charge in [0.25, 0.3) is 0 Å². The van der Waals surface area contributed by atoms with Crippen LogP contribution in [0, 0.1) is 5.92 Å². The summed E-state index contributed by atoms with van der Waals surface area (Å²) < 4.78 is 5.77. The lowest BCUT2D eigenvalue weighted by Gasteiger charge is -2.24. The van der Waals surface area contributed by atoms with Crippen LogP contribution in [0.1, 0.15) is 26.2 Å². The van der Waals surface area contributed by atoms with Crippen molar-refractivity contribution in [3.8, 4) is 0 Å². The van der Waals surface area contributed by atoms with Gasteiger partial charge in [-0.25, -0.2) is 0 Å². The summed E-state index contributed by atoms with van der Waals surface area (Å²) in [6.07, 6.45) is 4.84. The molecule has 1 N–H and O–H groups in total. The van der Waals surface area contributed by atoms with Gasteiger partial charge in [0.1, 0.15) is 0 Å². The Morgan fingerprint density at radius 1 is 1.67 bits per heavy atom. The van der Waals surface area contributed by atoms with E-state index in [4.69, 9.17) is 4.74 Å². The van der Waals surface area contributed by atoms with E-state index in [1.807, 2.05) is 13.0 Å². The van der Waals surface area contributed by atoms with Crippen LogP contribution >= 0.6 is 0 Å². The summed E-state index contributed by atoms with van der Waals surface area (Å²) in [7, 11) is 0. The first-order chi connectivity index (χ1) is 5.69. The smallest absolute Gasteiger partial charge is 0.0918 e. The van der Waals surface area contributed by atoms with Gasteiger partial charge >= 0.3 is 0 Å². The highest BCUT2D eigenvalue weighted by atomic mass is 16.5. The maximum atomic E-state index is 9.79. The Kier molecular flexibility index (Phi) is 1.77. The highest BCUT2D eigenvalue weighted by Gasteiger charge is 2.53. The number of aliphatic hydroxyl groups is 1. The molecular formula is C10H16O2. The SMILES string of the molecule is C=C[C@@]12CCC[C@@H]1[C@H](O)[C@@H](C)O2. The van der Waals surface area contributed by atoms with Crippen molar-refractivity contribution in [3.63, 3.8) is 0 Å². The Labute approximate surface area is 73.2 Å². The van der Waals surface area contributed by atoms with E-state index in [2.05, 4.69) is 6.58 Å². The van der Waals surface area contributed by atoms with E-state index >= 15 is 0 Å². The van der Waals surface area contributed by atoms with Crippen LogP contribution in [0.5, 0.6) is 0 Å². The fourth-order valence-corrected chi connectivity index (χ4v) is 2.68. The van der Waals surface area contributed by atoms with Crippen molar-refractivity contribution in [2.45, 2.75) is 44.0 Å². The van der Waals surface area contributed by atoms with Gasteiger partial charge < -0.3 is 9.84 Å². The zero-order valence-electron chi connectivity index (χ0n) is 7.49. The third-order valence-corrected chi connectivity index (χ3v) is 3.35. The number of aliphatic hydroxyl groups excluding tert-OH is 1. The minimum atomic E-state index is -0.287. The Balaban J connectivity index is 2.27. The van der Waals surface area contributed by atoms with Crippen LogP contribution in [0.15, 0.2) is 12.7 Å². The standard InChI is InChI=1S/C10H16O2/c1-3-10-6-4-5-8(10)9(11)7(2)12-10/h3,7-9,11H,1,4-6H2,2H3/t7-,8-,9-,10-/m1/s1. The number of hydrogen-bond donors (Lipinski definition) is 1. The summed E-state index contributed by atoms with van der Waals surface area (Å²) in [4.78, 5) is 0. The molecule has 2 heteroatoms. The van der Waals surface area contributed by atoms with E-state index in [-0.39, 0.29) is 17.8 Å². The Hall–Kier alpha value is -0.340. The normalized spacial score (nSPS) is 52.3. The third-order valence-electron chi connectivity index (χ3n) is 3.35. The molecule has 0 spiro atoms. The summed E-state index contributed by atoms with van der Waals surface area (Å²) in [6.45, 7) is 5.75. The molecule has 0 bridgehead atoms. The van der Waals surface area contributed by atoms with E-state index in [0.29, 0.717) is 5.92 Å². The van der Waals surface area contributed by atoms with Crippen molar-refractivity contribution in [2.24, 2.45) is 5.92 Å². The summed E-state index contributed by atoms with van der Waals surface area (Å²) in [5.41, 5.74) is -0.196. The molecule has 1 heterocycles. The molecular weight excluding hydrogens is 152 g/mol. The summed E-state index contributed by atoms with van der Waals surface area (Å²) in [5, 5.41) is 9.79. The second-order valence-electron chi connectivity index (χ2n) is 3.97. The van der Waals surface area contributed by atoms with Gasteiger partial charge in [0.2, 0.25) is 0 Å². The molecule has 2 rings (SSSR count). The van der Waals surface area contributed by atoms with E-state index in [1.165, 1.54) is 0 Å². The van der Waals surface area contributed by atoms with Gasteiger partial charge in [-0.3, -0.25) is 0 Å². The Morgan fingerprint density at radius 3 is 3.00 bits per heavy atom. The molecule has 2 fully saturated rings. The lowest BCUT2D eigenvalue weighted by Crippen LogP contribution is -2.30. The molecule has 1 aliphatic heterocycles. The Bertz CT molecular complexity index is 202. The fraction of sp³-hybridized carbons (Fsp3) is 0.800. The molecule has 1 saturated heterocycles. The average molecular weight is 168 g/mol. The first-order valence-electron chi connectivity index (χ1n) is 4.69. The van der Waals surface area contributed by atoms with Crippen molar-refractivity contribution < 1.29 is 9.84 Å². The Morgan fingerprint density at radius 2 is 2.42 bits per heavy atom. The fourth-order valence-electron chi connectivity index (χ4n) is 2.68. The van der Waals surface area contributed by atoms with Crippen LogP contribution < -0.4 is 0 Å². The summed E-state index contributed by atoms with van der Waals surface area (Å²) >= 11 is 0. The number of hydrogen-bond acceptors (Lipinski definition) is 2. The van der Waals surface area contributed by atoms with Crippen molar-refractivity contribution in [1.29, 1.82) is 0 Å². The molecule has 0 aromatic rings. The number of ether oxygens (including phenoxy) is 1. The molecule has 1 aliphatic carbocycles. The monoisotopic (exact) mass is 168 g/mol. The second kappa shape index (κ2) is 2.57. The van der Waals surface area contributed by atoms with Crippen LogP contribution in [0.25, 0.3) is 0 Å². The zero-order valence-corrected chi connectivity index (χ0v) is 7.49. The van der Waals surface area contributed by atoms with Crippen molar-refractivity contribution in [1.82, 2.24) is 0 Å². The molecule has 0 amide bonds. The van der Waals surface area contributed by atoms with Crippen LogP contribution in [0.2, 0.25) is 0 Å². The summed E-state index contributed by atoms with van der Waals surface area (Å²) in [5.74, 6) is 0.296. The van der Waals surface area contributed by atoms with Gasteiger partial charge in [-0.2, -0.15) is 0 Å². The number of fused-ring (bicyclic) bond motifs is 1. The molecule has 68 valence electrons. The number of rotatable bonds is 1. The topological polar surface area (TPSA) is 29.5 Å². The largest absolute Gasteiger partial charge is 0.390 e. The second-order valence-corrected chi connectivity index (χ2v) is 3.97. The molecule has 12 heavy (non-hydrogen) atoms. The predicted molar refractivity (Wildman–Crippen MR) is 46.8 cm³/mol. The van der Waals surface area contributed by atoms with E-state index in [0.717, 1.165) is 19.3 Å². The highest BCUT2D eigenvalue weighted by Crippen LogP contribution is 2.48.